The van der Waals surface area contributed by atoms with Crippen molar-refractivity contribution in [3.8, 4) is 0 Å². The van der Waals surface area contributed by atoms with E-state index in [0.717, 1.165) is 18.4 Å². The molecule has 0 amide bonds. The lowest BCUT2D eigenvalue weighted by Crippen LogP contribution is -2.72. The second-order valence-corrected chi connectivity index (χ2v) is 13.4. The van der Waals surface area contributed by atoms with E-state index in [9.17, 15) is 19.5 Å². The van der Waals surface area contributed by atoms with Crippen molar-refractivity contribution in [3.63, 3.8) is 0 Å². The van der Waals surface area contributed by atoms with Crippen LogP contribution in [0.5, 0.6) is 0 Å². The average Bonchev–Trinajstić information content (AvgIpc) is 3.06. The van der Waals surface area contributed by atoms with Crippen LogP contribution in [0.15, 0.2) is 42.5 Å². The van der Waals surface area contributed by atoms with Gasteiger partial charge in [-0.2, -0.15) is 0 Å². The molecular formula is C33H45NO7. The Hall–Kier alpha value is -2.55. The molecule has 0 aliphatic heterocycles. The van der Waals surface area contributed by atoms with Gasteiger partial charge in [-0.05, 0) is 61.6 Å². The number of likely N-dealkylation sites (N-methyl/N-ethyl adjacent to an activating group) is 1. The van der Waals surface area contributed by atoms with Crippen LogP contribution in [0.2, 0.25) is 0 Å². The van der Waals surface area contributed by atoms with Gasteiger partial charge < -0.3 is 24.6 Å². The highest BCUT2D eigenvalue weighted by molar-refractivity contribution is 6.05. The minimum Gasteiger partial charge on any atom is -0.465 e. The molecule has 1 spiro atoms. The molecule has 0 radical (unpaired) electrons. The number of methoxy groups -OCH3 is 1. The number of rotatable bonds is 8. The molecule has 8 nitrogen and oxygen atoms in total. The molecule has 4 aliphatic rings. The van der Waals surface area contributed by atoms with E-state index in [4.69, 9.17) is 14.2 Å². The summed E-state index contributed by atoms with van der Waals surface area (Å²) in [5.41, 5.74) is -0.761. The lowest BCUT2D eigenvalue weighted by atomic mass is 9.39. The van der Waals surface area contributed by atoms with Crippen LogP contribution in [-0.4, -0.2) is 67.9 Å². The fourth-order valence-corrected chi connectivity index (χ4v) is 9.44. The molecule has 1 aromatic rings. The summed E-state index contributed by atoms with van der Waals surface area (Å²) in [5, 5.41) is 15.0. The predicted octanol–water partition coefficient (Wildman–Crippen LogP) is 3.65. The second-order valence-electron chi connectivity index (χ2n) is 13.4. The van der Waals surface area contributed by atoms with E-state index in [-0.39, 0.29) is 30.1 Å². The first-order valence-corrected chi connectivity index (χ1v) is 14.9. The van der Waals surface area contributed by atoms with Crippen molar-refractivity contribution >= 4 is 17.7 Å². The number of aliphatic hydroxyl groups excluding tert-OH is 1. The lowest BCUT2D eigenvalue weighted by molar-refractivity contribution is -0.272. The maximum Gasteiger partial charge on any atom is 0.323 e. The number of carbonyl (C=O) groups excluding carboxylic acids is 3. The van der Waals surface area contributed by atoms with Crippen molar-refractivity contribution in [2.75, 3.05) is 20.8 Å². The number of benzene rings is 1. The molecule has 0 aromatic heterocycles. The molecule has 4 saturated carbocycles. The number of Topliss-reactive ketones (excluding diaryl/α,β-unsaturated/α-hetero) is 1. The number of carbonyl (C=O) groups is 3. The SMILES string of the molecule is C=C1C(=O)[C@]23[C@H](OC(=O)C(Cc4ccccc4)NC)[C@@H]1C[C@H](O)[C@H]2[C@]1(COC(C)=O)CCCC(C)(C)[C@H]1C[C@H]3OC. The van der Waals surface area contributed by atoms with Gasteiger partial charge in [0.15, 0.2) is 5.78 Å². The topological polar surface area (TPSA) is 111 Å². The molecule has 1 aromatic carbocycles. The molecule has 2 N–H and O–H groups in total. The van der Waals surface area contributed by atoms with E-state index in [2.05, 4.69) is 25.7 Å². The van der Waals surface area contributed by atoms with Gasteiger partial charge in [0.2, 0.25) is 0 Å². The molecule has 0 heterocycles. The van der Waals surface area contributed by atoms with Crippen molar-refractivity contribution in [1.82, 2.24) is 5.32 Å². The summed E-state index contributed by atoms with van der Waals surface area (Å²) in [6.07, 6.45) is 1.49. The Labute approximate surface area is 243 Å². The van der Waals surface area contributed by atoms with Crippen LogP contribution >= 0.6 is 0 Å². The summed E-state index contributed by atoms with van der Waals surface area (Å²) in [6.45, 7) is 10.1. The molecular weight excluding hydrogens is 522 g/mol. The summed E-state index contributed by atoms with van der Waals surface area (Å²) in [7, 11) is 3.32. The number of fused-ring (bicyclic) bond motifs is 3. The Morgan fingerprint density at radius 1 is 1.17 bits per heavy atom. The number of ketones is 1. The number of ether oxygens (including phenoxy) is 3. The fraction of sp³-hybridized carbons (Fsp3) is 0.667. The maximum atomic E-state index is 14.5. The summed E-state index contributed by atoms with van der Waals surface area (Å²) in [5.74, 6) is -2.14. The molecule has 4 aliphatic carbocycles. The summed E-state index contributed by atoms with van der Waals surface area (Å²) in [6, 6.07) is 9.09. The van der Waals surface area contributed by atoms with E-state index >= 15 is 0 Å². The first kappa shape index (κ1) is 29.9. The smallest absolute Gasteiger partial charge is 0.323 e. The van der Waals surface area contributed by atoms with Crippen LogP contribution < -0.4 is 5.32 Å². The zero-order valence-electron chi connectivity index (χ0n) is 25.0. The Bertz CT molecular complexity index is 1200. The van der Waals surface area contributed by atoms with Crippen LogP contribution in [-0.2, 0) is 35.0 Å². The standard InChI is InChI=1S/C33H45NO7/c1-19-22-16-24(36)27-32(18-40-20(2)35)14-10-13-31(3,4)25(32)17-26(39-6)33(27,28(19)37)29(22)41-30(38)23(34-5)15-21-11-8-7-9-12-21/h7-9,11-12,22-27,29,34,36H,1,10,13-18H2,2-6H3/t22-,23?,24+,25-,26-,27+,29-,32+,33-/m1/s1. The predicted molar refractivity (Wildman–Crippen MR) is 153 cm³/mol. The van der Waals surface area contributed by atoms with E-state index in [1.165, 1.54) is 6.92 Å². The van der Waals surface area contributed by atoms with Gasteiger partial charge in [0.25, 0.3) is 0 Å². The van der Waals surface area contributed by atoms with E-state index in [0.29, 0.717) is 24.8 Å². The third kappa shape index (κ3) is 4.57. The van der Waals surface area contributed by atoms with Gasteiger partial charge in [-0.25, -0.2) is 0 Å². The normalized spacial score (nSPS) is 38.0. The highest BCUT2D eigenvalue weighted by atomic mass is 16.6. The summed E-state index contributed by atoms with van der Waals surface area (Å²) < 4.78 is 18.3. The first-order chi connectivity index (χ1) is 19.4. The highest BCUT2D eigenvalue weighted by Crippen LogP contribution is 2.72. The van der Waals surface area contributed by atoms with E-state index < -0.39 is 59.0 Å². The molecule has 9 atom stereocenters. The van der Waals surface area contributed by atoms with Crippen molar-refractivity contribution in [3.05, 3.63) is 48.0 Å². The summed E-state index contributed by atoms with van der Waals surface area (Å²) in [4.78, 5) is 40.5. The fourth-order valence-electron chi connectivity index (χ4n) is 9.44. The van der Waals surface area contributed by atoms with Gasteiger partial charge in [-0.15, -0.1) is 0 Å². The molecule has 1 unspecified atom stereocenters. The quantitative estimate of drug-likeness (QED) is 0.362. The van der Waals surface area contributed by atoms with Crippen LogP contribution in [0.1, 0.15) is 58.4 Å². The molecule has 2 bridgehead atoms. The van der Waals surface area contributed by atoms with Gasteiger partial charge in [0.05, 0.1) is 18.8 Å². The average molecular weight is 568 g/mol. The molecule has 5 rings (SSSR count). The van der Waals surface area contributed by atoms with Gasteiger partial charge in [-0.3, -0.25) is 14.4 Å². The number of hydrogen-bond acceptors (Lipinski definition) is 8. The minimum absolute atomic E-state index is 0.0241. The minimum atomic E-state index is -1.32. The number of nitrogens with one attached hydrogen (secondary N) is 1. The van der Waals surface area contributed by atoms with Crippen LogP contribution in [0.4, 0.5) is 0 Å². The van der Waals surface area contributed by atoms with Crippen LogP contribution in [0, 0.1) is 34.0 Å². The number of esters is 2. The highest BCUT2D eigenvalue weighted by Gasteiger charge is 2.78. The van der Waals surface area contributed by atoms with Gasteiger partial charge in [0.1, 0.15) is 17.6 Å². The molecule has 224 valence electrons. The zero-order chi connectivity index (χ0) is 29.7. The molecule has 4 fully saturated rings. The van der Waals surface area contributed by atoms with Gasteiger partial charge in [-0.1, -0.05) is 57.2 Å². The number of hydrogen-bond donors (Lipinski definition) is 2. The largest absolute Gasteiger partial charge is 0.465 e. The Balaban J connectivity index is 1.60. The molecule has 0 saturated heterocycles. The Morgan fingerprint density at radius 2 is 1.88 bits per heavy atom. The monoisotopic (exact) mass is 567 g/mol. The van der Waals surface area contributed by atoms with Gasteiger partial charge in [0, 0.05) is 31.3 Å². The Kier molecular flexibility index (Phi) is 7.98. The zero-order valence-corrected chi connectivity index (χ0v) is 25.0. The van der Waals surface area contributed by atoms with Crippen molar-refractivity contribution < 1.29 is 33.7 Å². The lowest BCUT2D eigenvalue weighted by Gasteiger charge is -2.67. The molecule has 41 heavy (non-hydrogen) atoms. The van der Waals surface area contributed by atoms with Crippen molar-refractivity contribution in [2.24, 2.45) is 34.0 Å². The van der Waals surface area contributed by atoms with Crippen LogP contribution in [0.25, 0.3) is 0 Å². The molecule has 8 heteroatoms. The van der Waals surface area contributed by atoms with Crippen LogP contribution in [0.3, 0.4) is 0 Å². The third-order valence-corrected chi connectivity index (χ3v) is 11.1. The first-order valence-electron chi connectivity index (χ1n) is 14.9. The second kappa shape index (κ2) is 10.9. The van der Waals surface area contributed by atoms with Crippen molar-refractivity contribution in [1.29, 1.82) is 0 Å². The Morgan fingerprint density at radius 3 is 2.51 bits per heavy atom. The van der Waals surface area contributed by atoms with Crippen molar-refractivity contribution in [2.45, 2.75) is 83.6 Å². The van der Waals surface area contributed by atoms with Gasteiger partial charge >= 0.3 is 11.9 Å². The maximum absolute atomic E-state index is 14.5. The van der Waals surface area contributed by atoms with E-state index in [1.807, 2.05) is 30.3 Å². The summed E-state index contributed by atoms with van der Waals surface area (Å²) >= 11 is 0. The third-order valence-electron chi connectivity index (χ3n) is 11.1. The van der Waals surface area contributed by atoms with E-state index in [1.54, 1.807) is 14.2 Å². The number of aliphatic hydroxyl groups is 1.